The van der Waals surface area contributed by atoms with Crippen molar-refractivity contribution in [2.45, 2.75) is 26.7 Å². The molecule has 178 valence electrons. The van der Waals surface area contributed by atoms with Gasteiger partial charge < -0.3 is 9.80 Å². The molecule has 36 heavy (non-hydrogen) atoms. The molecule has 5 aromatic carbocycles. The van der Waals surface area contributed by atoms with Gasteiger partial charge in [-0.2, -0.15) is 0 Å². The fourth-order valence-electron chi connectivity index (χ4n) is 4.50. The van der Waals surface area contributed by atoms with Gasteiger partial charge in [0.05, 0.1) is 0 Å². The molecule has 0 saturated heterocycles. The first-order chi connectivity index (χ1) is 17.6. The Bertz CT molecular complexity index is 1330. The molecule has 0 bridgehead atoms. The number of hydrogen-bond acceptors (Lipinski definition) is 2. The summed E-state index contributed by atoms with van der Waals surface area (Å²) in [4.78, 5) is 4.61. The average molecular weight is 469 g/mol. The lowest BCUT2D eigenvalue weighted by molar-refractivity contribution is 0.866. The molecule has 0 radical (unpaired) electrons. The van der Waals surface area contributed by atoms with E-state index in [-0.39, 0.29) is 0 Å². The molecule has 5 aromatic rings. The zero-order valence-corrected chi connectivity index (χ0v) is 21.2. The third kappa shape index (κ3) is 5.04. The van der Waals surface area contributed by atoms with E-state index >= 15 is 0 Å². The van der Waals surface area contributed by atoms with Gasteiger partial charge in [0.15, 0.2) is 0 Å². The summed E-state index contributed by atoms with van der Waals surface area (Å²) in [6.45, 7) is 6.59. The molecular formula is C34H32N2. The van der Waals surface area contributed by atoms with Gasteiger partial charge in [-0.05, 0) is 91.2 Å². The summed E-state index contributed by atoms with van der Waals surface area (Å²) in [5.74, 6) is 0.508. The minimum atomic E-state index is 0.508. The van der Waals surface area contributed by atoms with Crippen molar-refractivity contribution >= 4 is 34.1 Å². The van der Waals surface area contributed by atoms with Crippen LogP contribution in [0.25, 0.3) is 0 Å². The van der Waals surface area contributed by atoms with Gasteiger partial charge in [-0.15, -0.1) is 0 Å². The Kier molecular flexibility index (Phi) is 6.86. The van der Waals surface area contributed by atoms with Crippen molar-refractivity contribution < 1.29 is 0 Å². The van der Waals surface area contributed by atoms with Crippen LogP contribution in [0.15, 0.2) is 133 Å². The predicted octanol–water partition coefficient (Wildman–Crippen LogP) is 10.1. The topological polar surface area (TPSA) is 6.48 Å². The molecule has 0 aliphatic heterocycles. The fraction of sp³-hybridized carbons (Fsp3) is 0.118. The van der Waals surface area contributed by atoms with E-state index in [4.69, 9.17) is 0 Å². The quantitative estimate of drug-likeness (QED) is 0.234. The minimum absolute atomic E-state index is 0.508. The van der Waals surface area contributed by atoms with Crippen LogP contribution in [0.1, 0.15) is 30.9 Å². The maximum Gasteiger partial charge on any atom is 0.0463 e. The van der Waals surface area contributed by atoms with E-state index in [0.717, 1.165) is 34.1 Å². The number of aryl methyl sites for hydroxylation is 1. The van der Waals surface area contributed by atoms with Crippen LogP contribution in [0, 0.1) is 6.92 Å². The molecule has 0 atom stereocenters. The van der Waals surface area contributed by atoms with E-state index in [2.05, 4.69) is 164 Å². The lowest BCUT2D eigenvalue weighted by Gasteiger charge is -2.28. The van der Waals surface area contributed by atoms with Crippen molar-refractivity contribution in [3.8, 4) is 0 Å². The van der Waals surface area contributed by atoms with Crippen LogP contribution < -0.4 is 9.80 Å². The lowest BCUT2D eigenvalue weighted by atomic mass is 10.0. The van der Waals surface area contributed by atoms with Crippen LogP contribution in [0.4, 0.5) is 34.1 Å². The number of para-hydroxylation sites is 2. The molecular weight excluding hydrogens is 436 g/mol. The number of hydrogen-bond donors (Lipinski definition) is 0. The normalized spacial score (nSPS) is 10.9. The molecule has 0 saturated carbocycles. The summed E-state index contributed by atoms with van der Waals surface area (Å²) in [5, 5.41) is 0. The number of rotatable bonds is 7. The van der Waals surface area contributed by atoms with Crippen LogP contribution in [-0.4, -0.2) is 0 Å². The average Bonchev–Trinajstić information content (AvgIpc) is 2.92. The molecule has 0 heterocycles. The summed E-state index contributed by atoms with van der Waals surface area (Å²) in [6.07, 6.45) is 0. The Morgan fingerprint density at radius 3 is 1.06 bits per heavy atom. The van der Waals surface area contributed by atoms with Gasteiger partial charge in [0, 0.05) is 34.1 Å². The van der Waals surface area contributed by atoms with Crippen LogP contribution in [-0.2, 0) is 0 Å². The zero-order chi connectivity index (χ0) is 24.9. The van der Waals surface area contributed by atoms with Crippen molar-refractivity contribution in [2.24, 2.45) is 0 Å². The Morgan fingerprint density at radius 1 is 0.389 bits per heavy atom. The van der Waals surface area contributed by atoms with E-state index in [0.29, 0.717) is 5.92 Å². The second-order valence-corrected chi connectivity index (χ2v) is 9.44. The van der Waals surface area contributed by atoms with Crippen molar-refractivity contribution in [2.75, 3.05) is 9.80 Å². The van der Waals surface area contributed by atoms with Crippen LogP contribution >= 0.6 is 0 Å². The highest BCUT2D eigenvalue weighted by molar-refractivity contribution is 5.81. The first kappa shape index (κ1) is 23.4. The van der Waals surface area contributed by atoms with Crippen molar-refractivity contribution in [1.29, 1.82) is 0 Å². The van der Waals surface area contributed by atoms with Gasteiger partial charge in [-0.3, -0.25) is 0 Å². The molecule has 0 aliphatic carbocycles. The molecule has 5 rings (SSSR count). The number of anilines is 6. The summed E-state index contributed by atoms with van der Waals surface area (Å²) in [7, 11) is 0. The Morgan fingerprint density at radius 2 is 0.694 bits per heavy atom. The van der Waals surface area contributed by atoms with E-state index in [1.54, 1.807) is 0 Å². The van der Waals surface area contributed by atoms with Crippen molar-refractivity contribution in [1.82, 2.24) is 0 Å². The zero-order valence-electron chi connectivity index (χ0n) is 21.2. The standard InChI is InChI=1S/C34H32N2/c1-26(2)28-16-20-32(21-17-28)36(31-18-14-27(3)15-19-31)34-24-22-33(23-25-34)35(29-10-6-4-7-11-29)30-12-8-5-9-13-30/h4-26H,1-3H3. The number of nitrogens with zero attached hydrogens (tertiary/aromatic N) is 2. The second-order valence-electron chi connectivity index (χ2n) is 9.44. The molecule has 0 N–H and O–H groups in total. The highest BCUT2D eigenvalue weighted by Crippen LogP contribution is 2.39. The van der Waals surface area contributed by atoms with Crippen LogP contribution in [0.2, 0.25) is 0 Å². The maximum atomic E-state index is 2.32. The Hall–Kier alpha value is -4.30. The Labute approximate surface area is 215 Å². The van der Waals surface area contributed by atoms with Crippen LogP contribution in [0.3, 0.4) is 0 Å². The SMILES string of the molecule is Cc1ccc(N(c2ccc(C(C)C)cc2)c2ccc(N(c3ccccc3)c3ccccc3)cc2)cc1. The first-order valence-corrected chi connectivity index (χ1v) is 12.6. The summed E-state index contributed by atoms with van der Waals surface area (Å²) in [6, 6.07) is 47.5. The van der Waals surface area contributed by atoms with Gasteiger partial charge in [0.2, 0.25) is 0 Å². The third-order valence-electron chi connectivity index (χ3n) is 6.51. The maximum absolute atomic E-state index is 2.32. The van der Waals surface area contributed by atoms with Crippen LogP contribution in [0.5, 0.6) is 0 Å². The van der Waals surface area contributed by atoms with Gasteiger partial charge >= 0.3 is 0 Å². The van der Waals surface area contributed by atoms with Gasteiger partial charge in [0.25, 0.3) is 0 Å². The molecule has 0 aromatic heterocycles. The van der Waals surface area contributed by atoms with Gasteiger partial charge in [-0.25, -0.2) is 0 Å². The molecule has 0 spiro atoms. The second kappa shape index (κ2) is 10.5. The first-order valence-electron chi connectivity index (χ1n) is 12.6. The predicted molar refractivity (Wildman–Crippen MR) is 155 cm³/mol. The number of benzene rings is 5. The van der Waals surface area contributed by atoms with Crippen molar-refractivity contribution in [3.63, 3.8) is 0 Å². The highest BCUT2D eigenvalue weighted by Gasteiger charge is 2.16. The minimum Gasteiger partial charge on any atom is -0.311 e. The fourth-order valence-corrected chi connectivity index (χ4v) is 4.50. The molecule has 0 amide bonds. The highest BCUT2D eigenvalue weighted by atomic mass is 15.2. The molecule has 2 heteroatoms. The molecule has 0 fully saturated rings. The largest absolute Gasteiger partial charge is 0.311 e. The summed E-state index contributed by atoms with van der Waals surface area (Å²) in [5.41, 5.74) is 9.42. The van der Waals surface area contributed by atoms with E-state index < -0.39 is 0 Å². The summed E-state index contributed by atoms with van der Waals surface area (Å²) >= 11 is 0. The van der Waals surface area contributed by atoms with E-state index in [9.17, 15) is 0 Å². The summed E-state index contributed by atoms with van der Waals surface area (Å²) < 4.78 is 0. The molecule has 2 nitrogen and oxygen atoms in total. The van der Waals surface area contributed by atoms with E-state index in [1.807, 2.05) is 0 Å². The monoisotopic (exact) mass is 468 g/mol. The van der Waals surface area contributed by atoms with Gasteiger partial charge in [0.1, 0.15) is 0 Å². The lowest BCUT2D eigenvalue weighted by Crippen LogP contribution is -2.12. The van der Waals surface area contributed by atoms with Gasteiger partial charge in [-0.1, -0.05) is 80.1 Å². The van der Waals surface area contributed by atoms with Crippen molar-refractivity contribution in [3.05, 3.63) is 145 Å². The molecule has 0 unspecified atom stereocenters. The third-order valence-corrected chi connectivity index (χ3v) is 6.51. The smallest absolute Gasteiger partial charge is 0.0463 e. The molecule has 0 aliphatic rings. The van der Waals surface area contributed by atoms with E-state index in [1.165, 1.54) is 11.1 Å². The Balaban J connectivity index is 1.56.